The molecule has 4 fully saturated rings. The lowest BCUT2D eigenvalue weighted by atomic mass is 10.1. The molecule has 126 valence electrons. The van der Waals surface area contributed by atoms with Gasteiger partial charge in [-0.1, -0.05) is 0 Å². The average molecular weight is 316 g/mol. The van der Waals surface area contributed by atoms with Crippen molar-refractivity contribution in [1.29, 1.82) is 0 Å². The van der Waals surface area contributed by atoms with Crippen LogP contribution in [0.2, 0.25) is 0 Å². The summed E-state index contributed by atoms with van der Waals surface area (Å²) in [5.74, 6) is 0. The first-order valence-corrected chi connectivity index (χ1v) is 7.95. The van der Waals surface area contributed by atoms with Gasteiger partial charge in [0.1, 0.15) is 12.2 Å². The third-order valence-corrected chi connectivity index (χ3v) is 4.71. The molecule has 0 spiro atoms. The number of morpholine rings is 2. The first-order valence-electron chi connectivity index (χ1n) is 7.95. The standard InChI is InChI=1S/C14H24N2O6/c1-17-9-6-21-14-12(9)16-8(5-20-14)4-19-10-7-22-13-11(10)15-2-3-18-13/h8-16H,2-7H2,1H3/t8?,9-,10+,11+,12-,13-,14+/m1/s1. The smallest absolute Gasteiger partial charge is 0.175 e. The van der Waals surface area contributed by atoms with Gasteiger partial charge in [-0.25, -0.2) is 0 Å². The molecular formula is C14H24N2O6. The van der Waals surface area contributed by atoms with E-state index >= 15 is 0 Å². The summed E-state index contributed by atoms with van der Waals surface area (Å²) in [4.78, 5) is 0. The lowest BCUT2D eigenvalue weighted by molar-refractivity contribution is -0.157. The Balaban J connectivity index is 1.27. The summed E-state index contributed by atoms with van der Waals surface area (Å²) in [5, 5.41) is 6.93. The molecule has 0 amide bonds. The minimum absolute atomic E-state index is 0.0165. The molecule has 4 aliphatic rings. The van der Waals surface area contributed by atoms with Gasteiger partial charge in [-0.05, 0) is 0 Å². The molecule has 7 atom stereocenters. The number of hydrogen-bond donors (Lipinski definition) is 2. The van der Waals surface area contributed by atoms with Crippen LogP contribution in [0, 0.1) is 0 Å². The van der Waals surface area contributed by atoms with Gasteiger partial charge in [0, 0.05) is 13.7 Å². The van der Waals surface area contributed by atoms with Crippen LogP contribution in [0.1, 0.15) is 0 Å². The molecule has 8 heteroatoms. The van der Waals surface area contributed by atoms with Crippen LogP contribution in [-0.4, -0.2) is 89.6 Å². The maximum absolute atomic E-state index is 6.04. The molecule has 0 aromatic carbocycles. The first-order chi connectivity index (χ1) is 10.8. The summed E-state index contributed by atoms with van der Waals surface area (Å²) in [7, 11) is 1.70. The van der Waals surface area contributed by atoms with Crippen LogP contribution in [0.3, 0.4) is 0 Å². The van der Waals surface area contributed by atoms with Crippen LogP contribution in [0.15, 0.2) is 0 Å². The molecule has 0 aliphatic carbocycles. The fraction of sp³-hybridized carbons (Fsp3) is 1.00. The van der Waals surface area contributed by atoms with Crippen molar-refractivity contribution in [3.05, 3.63) is 0 Å². The molecule has 0 aromatic heterocycles. The number of hydrogen-bond acceptors (Lipinski definition) is 8. The summed E-state index contributed by atoms with van der Waals surface area (Å²) < 4.78 is 34.0. The second-order valence-electron chi connectivity index (χ2n) is 6.12. The molecule has 4 rings (SSSR count). The zero-order chi connectivity index (χ0) is 14.9. The Hall–Kier alpha value is -0.320. The topological polar surface area (TPSA) is 79.4 Å². The predicted molar refractivity (Wildman–Crippen MR) is 74.4 cm³/mol. The van der Waals surface area contributed by atoms with E-state index in [9.17, 15) is 0 Å². The lowest BCUT2D eigenvalue weighted by Crippen LogP contribution is -2.58. The van der Waals surface area contributed by atoms with Crippen LogP contribution in [-0.2, 0) is 28.4 Å². The molecule has 8 nitrogen and oxygen atoms in total. The van der Waals surface area contributed by atoms with Crippen molar-refractivity contribution in [3.63, 3.8) is 0 Å². The Bertz CT molecular complexity index is 380. The van der Waals surface area contributed by atoms with E-state index < -0.39 is 0 Å². The van der Waals surface area contributed by atoms with Gasteiger partial charge in [0.05, 0.1) is 51.2 Å². The number of rotatable bonds is 4. The molecule has 0 radical (unpaired) electrons. The third kappa shape index (κ3) is 2.90. The third-order valence-electron chi connectivity index (χ3n) is 4.71. The van der Waals surface area contributed by atoms with Gasteiger partial charge in [0.2, 0.25) is 0 Å². The summed E-state index contributed by atoms with van der Waals surface area (Å²) in [6.07, 6.45) is -0.350. The minimum Gasteiger partial charge on any atom is -0.377 e. The fourth-order valence-electron chi connectivity index (χ4n) is 3.50. The summed E-state index contributed by atoms with van der Waals surface area (Å²) in [6.45, 7) is 3.79. The Labute approximate surface area is 129 Å². The monoisotopic (exact) mass is 316 g/mol. The predicted octanol–water partition coefficient (Wildman–Crippen LogP) is -1.56. The number of nitrogens with one attached hydrogen (secondary N) is 2. The lowest BCUT2D eigenvalue weighted by Gasteiger charge is -2.35. The van der Waals surface area contributed by atoms with Crippen molar-refractivity contribution >= 4 is 0 Å². The van der Waals surface area contributed by atoms with Gasteiger partial charge < -0.3 is 39.1 Å². The Morgan fingerprint density at radius 2 is 1.73 bits per heavy atom. The van der Waals surface area contributed by atoms with Crippen molar-refractivity contribution < 1.29 is 28.4 Å². The highest BCUT2D eigenvalue weighted by Crippen LogP contribution is 2.24. The maximum atomic E-state index is 6.04. The largest absolute Gasteiger partial charge is 0.377 e. The molecule has 22 heavy (non-hydrogen) atoms. The van der Waals surface area contributed by atoms with E-state index in [0.717, 1.165) is 6.54 Å². The second kappa shape index (κ2) is 6.66. The number of ether oxygens (including phenoxy) is 6. The van der Waals surface area contributed by atoms with Crippen molar-refractivity contribution in [1.82, 2.24) is 10.6 Å². The highest BCUT2D eigenvalue weighted by atomic mass is 16.7. The normalized spacial score (nSPS) is 48.1. The SMILES string of the molecule is CO[C@@H]1CO[C@@H]2OCC(CO[C@H]3CO[C@H]4OCCN[C@H]43)N[C@@H]21. The van der Waals surface area contributed by atoms with E-state index in [0.29, 0.717) is 33.0 Å². The van der Waals surface area contributed by atoms with Gasteiger partial charge in [-0.3, -0.25) is 0 Å². The van der Waals surface area contributed by atoms with Gasteiger partial charge in [-0.2, -0.15) is 0 Å². The molecule has 0 bridgehead atoms. The Morgan fingerprint density at radius 1 is 0.955 bits per heavy atom. The van der Waals surface area contributed by atoms with E-state index in [1.807, 2.05) is 0 Å². The average Bonchev–Trinajstić information content (AvgIpc) is 3.16. The zero-order valence-corrected chi connectivity index (χ0v) is 12.7. The Kier molecular flexibility index (Phi) is 4.61. The van der Waals surface area contributed by atoms with E-state index in [2.05, 4.69) is 10.6 Å². The van der Waals surface area contributed by atoms with Crippen molar-refractivity contribution in [2.24, 2.45) is 0 Å². The second-order valence-corrected chi connectivity index (χ2v) is 6.12. The number of fused-ring (bicyclic) bond motifs is 2. The first kappa shape index (κ1) is 15.2. The fourth-order valence-corrected chi connectivity index (χ4v) is 3.50. The Morgan fingerprint density at radius 3 is 2.59 bits per heavy atom. The molecule has 4 aliphatic heterocycles. The van der Waals surface area contributed by atoms with E-state index in [4.69, 9.17) is 28.4 Å². The molecule has 1 unspecified atom stereocenters. The molecule has 2 N–H and O–H groups in total. The van der Waals surface area contributed by atoms with Crippen molar-refractivity contribution in [2.75, 3.05) is 46.7 Å². The highest BCUT2D eigenvalue weighted by molar-refractivity contribution is 4.93. The molecule has 4 heterocycles. The van der Waals surface area contributed by atoms with E-state index in [1.165, 1.54) is 0 Å². The quantitative estimate of drug-likeness (QED) is 0.645. The van der Waals surface area contributed by atoms with E-state index in [-0.39, 0.29) is 42.9 Å². The zero-order valence-electron chi connectivity index (χ0n) is 12.7. The van der Waals surface area contributed by atoms with Crippen molar-refractivity contribution in [2.45, 2.75) is 42.9 Å². The molecular weight excluding hydrogens is 292 g/mol. The molecule has 0 aromatic rings. The maximum Gasteiger partial charge on any atom is 0.175 e. The summed E-state index contributed by atoms with van der Waals surface area (Å²) in [5.41, 5.74) is 0. The van der Waals surface area contributed by atoms with Crippen LogP contribution < -0.4 is 10.6 Å². The van der Waals surface area contributed by atoms with Crippen LogP contribution in [0.4, 0.5) is 0 Å². The summed E-state index contributed by atoms with van der Waals surface area (Å²) >= 11 is 0. The van der Waals surface area contributed by atoms with Crippen LogP contribution in [0.25, 0.3) is 0 Å². The molecule has 0 saturated carbocycles. The van der Waals surface area contributed by atoms with E-state index in [1.54, 1.807) is 7.11 Å². The van der Waals surface area contributed by atoms with Gasteiger partial charge in [-0.15, -0.1) is 0 Å². The number of methoxy groups -OCH3 is 1. The van der Waals surface area contributed by atoms with Gasteiger partial charge in [0.25, 0.3) is 0 Å². The van der Waals surface area contributed by atoms with Crippen LogP contribution >= 0.6 is 0 Å². The van der Waals surface area contributed by atoms with Gasteiger partial charge in [0.15, 0.2) is 12.6 Å². The molecule has 4 saturated heterocycles. The van der Waals surface area contributed by atoms with Gasteiger partial charge >= 0.3 is 0 Å². The summed E-state index contributed by atoms with van der Waals surface area (Å²) in [6, 6.07) is 0.313. The highest BCUT2D eigenvalue weighted by Gasteiger charge is 2.44. The van der Waals surface area contributed by atoms with Crippen LogP contribution in [0.5, 0.6) is 0 Å². The minimum atomic E-state index is -0.214. The van der Waals surface area contributed by atoms with Crippen molar-refractivity contribution in [3.8, 4) is 0 Å².